The van der Waals surface area contributed by atoms with E-state index in [0.717, 1.165) is 5.56 Å². The molecular weight excluding hydrogens is 467 g/mol. The van der Waals surface area contributed by atoms with Gasteiger partial charge in [0.05, 0.1) is 24.9 Å². The average Bonchev–Trinajstić information content (AvgIpc) is 2.79. The topological polar surface area (TPSA) is 69.2 Å². The number of benzene rings is 3. The summed E-state index contributed by atoms with van der Waals surface area (Å²) in [6.07, 6.45) is 1.50. The molecule has 0 unspecified atom stereocenters. The Labute approximate surface area is 187 Å². The van der Waals surface area contributed by atoms with E-state index in [-0.39, 0.29) is 12.4 Å². The number of carbonyl (C=O) groups is 1. The molecule has 8 heteroatoms. The number of hydrogen-bond acceptors (Lipinski definition) is 5. The molecule has 0 saturated carbocycles. The zero-order chi connectivity index (χ0) is 22.2. The molecule has 0 radical (unpaired) electrons. The fraction of sp³-hybridized carbons (Fsp3) is 0.130. The van der Waals surface area contributed by atoms with Crippen LogP contribution in [0.2, 0.25) is 0 Å². The highest BCUT2D eigenvalue weighted by Gasteiger charge is 2.09. The van der Waals surface area contributed by atoms with Gasteiger partial charge in [-0.15, -0.1) is 0 Å². The van der Waals surface area contributed by atoms with E-state index in [1.165, 1.54) is 26.5 Å². The summed E-state index contributed by atoms with van der Waals surface area (Å²) in [6, 6.07) is 16.6. The van der Waals surface area contributed by atoms with Crippen LogP contribution in [0, 0.1) is 5.82 Å². The molecule has 3 aromatic rings. The molecule has 1 N–H and O–H groups in total. The number of nitrogens with zero attached hydrogens (tertiary/aromatic N) is 1. The van der Waals surface area contributed by atoms with E-state index in [2.05, 4.69) is 26.5 Å². The molecule has 160 valence electrons. The van der Waals surface area contributed by atoms with Crippen molar-refractivity contribution in [2.75, 3.05) is 14.2 Å². The molecule has 31 heavy (non-hydrogen) atoms. The van der Waals surface area contributed by atoms with Crippen molar-refractivity contribution >= 4 is 28.1 Å². The predicted octanol–water partition coefficient (Wildman–Crippen LogP) is 4.95. The number of nitrogens with one attached hydrogen (secondary N) is 1. The van der Waals surface area contributed by atoms with Crippen LogP contribution in [0.3, 0.4) is 0 Å². The van der Waals surface area contributed by atoms with Gasteiger partial charge in [0.25, 0.3) is 5.91 Å². The van der Waals surface area contributed by atoms with Gasteiger partial charge in [-0.1, -0.05) is 18.2 Å². The van der Waals surface area contributed by atoms with Gasteiger partial charge < -0.3 is 14.2 Å². The van der Waals surface area contributed by atoms with Crippen LogP contribution in [-0.4, -0.2) is 26.3 Å². The number of halogens is 2. The molecule has 0 atom stereocenters. The second-order valence-electron chi connectivity index (χ2n) is 6.37. The van der Waals surface area contributed by atoms with E-state index in [4.69, 9.17) is 14.2 Å². The Balaban J connectivity index is 1.62. The highest BCUT2D eigenvalue weighted by atomic mass is 79.9. The summed E-state index contributed by atoms with van der Waals surface area (Å²) in [4.78, 5) is 12.3. The Morgan fingerprint density at radius 2 is 1.77 bits per heavy atom. The summed E-state index contributed by atoms with van der Waals surface area (Å²) >= 11 is 3.43. The Morgan fingerprint density at radius 3 is 2.42 bits per heavy atom. The van der Waals surface area contributed by atoms with Crippen molar-refractivity contribution in [3.63, 3.8) is 0 Å². The van der Waals surface area contributed by atoms with Crippen molar-refractivity contribution in [3.05, 3.63) is 87.6 Å². The van der Waals surface area contributed by atoms with E-state index in [1.807, 2.05) is 0 Å². The van der Waals surface area contributed by atoms with Gasteiger partial charge >= 0.3 is 0 Å². The van der Waals surface area contributed by atoms with Crippen molar-refractivity contribution in [2.45, 2.75) is 6.61 Å². The van der Waals surface area contributed by atoms with Crippen molar-refractivity contribution in [2.24, 2.45) is 5.10 Å². The average molecular weight is 487 g/mol. The molecule has 0 aliphatic rings. The third-order valence-corrected chi connectivity index (χ3v) is 4.91. The van der Waals surface area contributed by atoms with Crippen LogP contribution in [0.15, 0.2) is 70.2 Å². The molecule has 0 heterocycles. The summed E-state index contributed by atoms with van der Waals surface area (Å²) in [5.74, 6) is 0.851. The first-order chi connectivity index (χ1) is 15.0. The van der Waals surface area contributed by atoms with Gasteiger partial charge in [0.1, 0.15) is 29.7 Å². The monoisotopic (exact) mass is 486 g/mol. The van der Waals surface area contributed by atoms with Crippen molar-refractivity contribution in [1.82, 2.24) is 5.43 Å². The lowest BCUT2D eigenvalue weighted by Crippen LogP contribution is -2.17. The molecule has 6 nitrogen and oxygen atoms in total. The van der Waals surface area contributed by atoms with Gasteiger partial charge in [-0.25, -0.2) is 9.82 Å². The summed E-state index contributed by atoms with van der Waals surface area (Å²) in [6.45, 7) is 0.110. The fourth-order valence-corrected chi connectivity index (χ4v) is 3.16. The minimum Gasteiger partial charge on any atom is -0.497 e. The van der Waals surface area contributed by atoms with E-state index in [0.29, 0.717) is 32.8 Å². The van der Waals surface area contributed by atoms with Crippen LogP contribution in [0.5, 0.6) is 17.2 Å². The lowest BCUT2D eigenvalue weighted by Gasteiger charge is -2.09. The number of amides is 1. The number of methoxy groups -OCH3 is 2. The van der Waals surface area contributed by atoms with Crippen molar-refractivity contribution in [1.29, 1.82) is 0 Å². The van der Waals surface area contributed by atoms with E-state index < -0.39 is 5.91 Å². The smallest absolute Gasteiger partial charge is 0.271 e. The number of rotatable bonds is 8. The standard InChI is InChI=1S/C23H20BrFN2O4/c1-29-18-10-17(11-19(12-18)30-2)23(28)27-26-13-15-7-8-22(20(24)9-15)31-14-16-5-3-4-6-21(16)25/h3-13H,14H2,1-2H3,(H,27,28)/b26-13-. The second-order valence-corrected chi connectivity index (χ2v) is 7.22. The predicted molar refractivity (Wildman–Crippen MR) is 119 cm³/mol. The number of carbonyl (C=O) groups excluding carboxylic acids is 1. The lowest BCUT2D eigenvalue weighted by atomic mass is 10.2. The quantitative estimate of drug-likeness (QED) is 0.361. The summed E-state index contributed by atoms with van der Waals surface area (Å²) in [5.41, 5.74) is 4.02. The maximum absolute atomic E-state index is 13.7. The van der Waals surface area contributed by atoms with E-state index >= 15 is 0 Å². The van der Waals surface area contributed by atoms with Crippen molar-refractivity contribution in [3.8, 4) is 17.2 Å². The molecular formula is C23H20BrFN2O4. The minimum absolute atomic E-state index is 0.110. The molecule has 1 amide bonds. The van der Waals surface area contributed by atoms with Crippen LogP contribution in [0.25, 0.3) is 0 Å². The van der Waals surface area contributed by atoms with Crippen LogP contribution in [0.1, 0.15) is 21.5 Å². The van der Waals surface area contributed by atoms with Crippen molar-refractivity contribution < 1.29 is 23.4 Å². The molecule has 0 spiro atoms. The molecule has 0 bridgehead atoms. The number of hydrogen-bond donors (Lipinski definition) is 1. The van der Waals surface area contributed by atoms with Crippen LogP contribution in [-0.2, 0) is 6.61 Å². The highest BCUT2D eigenvalue weighted by Crippen LogP contribution is 2.27. The Morgan fingerprint density at radius 1 is 1.06 bits per heavy atom. The normalized spacial score (nSPS) is 10.7. The van der Waals surface area contributed by atoms with Crippen LogP contribution in [0.4, 0.5) is 4.39 Å². The van der Waals surface area contributed by atoms with E-state index in [9.17, 15) is 9.18 Å². The van der Waals surface area contributed by atoms with Gasteiger partial charge in [0.2, 0.25) is 0 Å². The maximum atomic E-state index is 13.7. The Bertz CT molecular complexity index is 1080. The first-order valence-corrected chi connectivity index (χ1v) is 10.0. The Kier molecular flexibility index (Phi) is 7.61. The maximum Gasteiger partial charge on any atom is 0.271 e. The number of hydrazone groups is 1. The van der Waals surface area contributed by atoms with Gasteiger partial charge in [0.15, 0.2) is 0 Å². The third-order valence-electron chi connectivity index (χ3n) is 4.29. The summed E-state index contributed by atoms with van der Waals surface area (Å²) < 4.78 is 30.4. The summed E-state index contributed by atoms with van der Waals surface area (Å²) in [5, 5.41) is 3.99. The SMILES string of the molecule is COc1cc(OC)cc(C(=O)N/N=C\c2ccc(OCc3ccccc3F)c(Br)c2)c1. The first kappa shape index (κ1) is 22.3. The van der Waals surface area contributed by atoms with Crippen LogP contribution < -0.4 is 19.6 Å². The van der Waals surface area contributed by atoms with Gasteiger partial charge in [-0.05, 0) is 57.9 Å². The van der Waals surface area contributed by atoms with Gasteiger partial charge in [-0.3, -0.25) is 4.79 Å². The number of ether oxygens (including phenoxy) is 3. The third kappa shape index (κ3) is 6.05. The zero-order valence-corrected chi connectivity index (χ0v) is 18.5. The van der Waals surface area contributed by atoms with E-state index in [1.54, 1.807) is 54.6 Å². The Hall–Kier alpha value is -3.39. The molecule has 3 aromatic carbocycles. The molecule has 0 fully saturated rings. The molecule has 0 aliphatic heterocycles. The van der Waals surface area contributed by atoms with Gasteiger partial charge in [0, 0.05) is 17.2 Å². The van der Waals surface area contributed by atoms with Crippen LogP contribution >= 0.6 is 15.9 Å². The molecule has 0 aromatic heterocycles. The lowest BCUT2D eigenvalue weighted by molar-refractivity contribution is 0.0954. The highest BCUT2D eigenvalue weighted by molar-refractivity contribution is 9.10. The largest absolute Gasteiger partial charge is 0.497 e. The molecule has 3 rings (SSSR count). The zero-order valence-electron chi connectivity index (χ0n) is 16.9. The molecule has 0 aliphatic carbocycles. The first-order valence-electron chi connectivity index (χ1n) is 9.22. The van der Waals surface area contributed by atoms with Gasteiger partial charge in [-0.2, -0.15) is 5.10 Å². The minimum atomic E-state index is -0.405. The second kappa shape index (κ2) is 10.6. The molecule has 0 saturated heterocycles. The fourth-order valence-electron chi connectivity index (χ4n) is 2.65. The summed E-state index contributed by atoms with van der Waals surface area (Å²) in [7, 11) is 3.02.